The third-order valence-electron chi connectivity index (χ3n) is 2.57. The number of hydrazone groups is 1. The smallest absolute Gasteiger partial charge is 0.271 e. The van der Waals surface area contributed by atoms with E-state index in [-0.39, 0.29) is 5.56 Å². The van der Waals surface area contributed by atoms with E-state index < -0.39 is 22.3 Å². The van der Waals surface area contributed by atoms with Crippen molar-refractivity contribution in [2.45, 2.75) is 0 Å². The second-order valence-electron chi connectivity index (χ2n) is 4.04. The maximum Gasteiger partial charge on any atom is 0.271 e. The van der Waals surface area contributed by atoms with Crippen molar-refractivity contribution in [3.8, 4) is 5.75 Å². The number of carbonyl (C=O) groups excluding carboxylic acids is 1. The van der Waals surface area contributed by atoms with Gasteiger partial charge in [-0.25, -0.2) is 5.43 Å². The molecule has 0 saturated carbocycles. The second-order valence-corrected chi connectivity index (χ2v) is 4.95. The van der Waals surface area contributed by atoms with Gasteiger partial charge in [0.15, 0.2) is 0 Å². The predicted molar refractivity (Wildman–Crippen MR) is 79.5 cm³/mol. The number of amides is 1. The molecule has 2 aromatic rings. The number of pyridine rings is 1. The zero-order chi connectivity index (χ0) is 16.1. The van der Waals surface area contributed by atoms with E-state index in [1.165, 1.54) is 30.6 Å². The van der Waals surface area contributed by atoms with E-state index in [0.29, 0.717) is 10.0 Å². The van der Waals surface area contributed by atoms with Crippen LogP contribution in [0, 0.1) is 10.1 Å². The Labute approximate surface area is 132 Å². The van der Waals surface area contributed by atoms with Crippen LogP contribution in [-0.2, 0) is 0 Å². The van der Waals surface area contributed by atoms with Gasteiger partial charge in [-0.15, -0.1) is 0 Å². The number of aromatic nitrogens is 1. The van der Waals surface area contributed by atoms with Crippen molar-refractivity contribution < 1.29 is 14.8 Å². The predicted octanol–water partition coefficient (Wildman–Crippen LogP) is 1.59. The summed E-state index contributed by atoms with van der Waals surface area (Å²) in [6, 6.07) is 5.47. The van der Waals surface area contributed by atoms with Gasteiger partial charge in [0.1, 0.15) is 0 Å². The van der Waals surface area contributed by atoms with Gasteiger partial charge in [-0.2, -0.15) is 5.10 Å². The molecule has 0 saturated heterocycles. The molecular formula is C13H8BrN4O4-. The highest BCUT2D eigenvalue weighted by atomic mass is 79.9. The molecule has 1 aromatic carbocycles. The summed E-state index contributed by atoms with van der Waals surface area (Å²) in [7, 11) is 0. The number of hydrogen-bond donors (Lipinski definition) is 1. The minimum Gasteiger partial charge on any atom is -0.867 e. The third kappa shape index (κ3) is 3.64. The summed E-state index contributed by atoms with van der Waals surface area (Å²) in [5, 5.41) is 26.2. The lowest BCUT2D eigenvalue weighted by molar-refractivity contribution is -0.398. The Morgan fingerprint density at radius 1 is 1.36 bits per heavy atom. The summed E-state index contributed by atoms with van der Waals surface area (Å²) >= 11 is 3.07. The van der Waals surface area contributed by atoms with Crippen LogP contribution in [0.3, 0.4) is 0 Å². The first-order valence-electron chi connectivity index (χ1n) is 5.87. The standard InChI is InChI=1S/C13H9BrN4O4/c14-10-5-9(12(19)11(6-10)18(21)22)7-16-17-13(20)8-1-3-15-4-2-8/h1-7,19H,(H,17,20)/p-1/b16-7+. The SMILES string of the molecule is O=C(N/N=C/c1cc(Br)cc([N+](=O)[O-])c1[O-])c1ccncc1. The highest BCUT2D eigenvalue weighted by molar-refractivity contribution is 9.10. The Morgan fingerprint density at radius 3 is 2.68 bits per heavy atom. The molecule has 112 valence electrons. The Balaban J connectivity index is 2.17. The van der Waals surface area contributed by atoms with Crippen LogP contribution in [0.25, 0.3) is 0 Å². The van der Waals surface area contributed by atoms with Crippen molar-refractivity contribution in [1.29, 1.82) is 0 Å². The second kappa shape index (κ2) is 6.76. The van der Waals surface area contributed by atoms with Gasteiger partial charge in [-0.1, -0.05) is 15.9 Å². The molecule has 0 radical (unpaired) electrons. The van der Waals surface area contributed by atoms with Gasteiger partial charge in [-0.3, -0.25) is 19.9 Å². The van der Waals surface area contributed by atoms with Crippen LogP contribution in [0.1, 0.15) is 15.9 Å². The number of benzene rings is 1. The molecule has 2 rings (SSSR count). The summed E-state index contributed by atoms with van der Waals surface area (Å²) in [5.41, 5.74) is 1.97. The molecule has 9 heteroatoms. The first-order chi connectivity index (χ1) is 10.5. The van der Waals surface area contributed by atoms with Crippen LogP contribution in [-0.4, -0.2) is 22.0 Å². The van der Waals surface area contributed by atoms with Gasteiger partial charge < -0.3 is 5.11 Å². The Morgan fingerprint density at radius 2 is 2.05 bits per heavy atom. The number of halogens is 1. The van der Waals surface area contributed by atoms with E-state index >= 15 is 0 Å². The van der Waals surface area contributed by atoms with Crippen molar-refractivity contribution in [1.82, 2.24) is 10.4 Å². The first kappa shape index (κ1) is 15.6. The van der Waals surface area contributed by atoms with E-state index in [2.05, 4.69) is 31.4 Å². The maximum absolute atomic E-state index is 11.8. The molecule has 0 aliphatic carbocycles. The van der Waals surface area contributed by atoms with Gasteiger partial charge in [0, 0.05) is 28.5 Å². The van der Waals surface area contributed by atoms with E-state index in [1.807, 2.05) is 0 Å². The third-order valence-corrected chi connectivity index (χ3v) is 3.03. The summed E-state index contributed by atoms with van der Waals surface area (Å²) in [6.07, 6.45) is 3.96. The monoisotopic (exact) mass is 363 g/mol. The topological polar surface area (TPSA) is 121 Å². The Kier molecular flexibility index (Phi) is 4.79. The number of nitro groups is 1. The summed E-state index contributed by atoms with van der Waals surface area (Å²) < 4.78 is 0.362. The quantitative estimate of drug-likeness (QED) is 0.502. The molecule has 0 aliphatic heterocycles. The fourth-order valence-corrected chi connectivity index (χ4v) is 2.02. The van der Waals surface area contributed by atoms with Gasteiger partial charge in [0.05, 0.1) is 11.1 Å². The van der Waals surface area contributed by atoms with Crippen molar-refractivity contribution in [3.63, 3.8) is 0 Å². The minimum absolute atomic E-state index is 0.0175. The van der Waals surface area contributed by atoms with E-state index in [4.69, 9.17) is 0 Å². The van der Waals surface area contributed by atoms with Gasteiger partial charge >= 0.3 is 0 Å². The number of carbonyl (C=O) groups is 1. The fraction of sp³-hybridized carbons (Fsp3) is 0. The van der Waals surface area contributed by atoms with Crippen molar-refractivity contribution in [2.24, 2.45) is 5.10 Å². The number of nitrogens with one attached hydrogen (secondary N) is 1. The molecule has 0 unspecified atom stereocenters. The van der Waals surface area contributed by atoms with Crippen LogP contribution in [0.5, 0.6) is 5.75 Å². The maximum atomic E-state index is 11.8. The highest BCUT2D eigenvalue weighted by Crippen LogP contribution is 2.30. The lowest BCUT2D eigenvalue weighted by Gasteiger charge is -2.10. The average molecular weight is 364 g/mol. The van der Waals surface area contributed by atoms with Crippen LogP contribution >= 0.6 is 15.9 Å². The van der Waals surface area contributed by atoms with E-state index in [1.54, 1.807) is 0 Å². The number of rotatable bonds is 4. The molecule has 0 bridgehead atoms. The van der Waals surface area contributed by atoms with Crippen LogP contribution in [0.2, 0.25) is 0 Å². The lowest BCUT2D eigenvalue weighted by Crippen LogP contribution is -2.17. The molecule has 0 fully saturated rings. The summed E-state index contributed by atoms with van der Waals surface area (Å²) in [5.74, 6) is -1.27. The molecule has 0 spiro atoms. The van der Waals surface area contributed by atoms with Crippen molar-refractivity contribution in [2.75, 3.05) is 0 Å². The fourth-order valence-electron chi connectivity index (χ4n) is 1.56. The molecular weight excluding hydrogens is 356 g/mol. The van der Waals surface area contributed by atoms with Gasteiger partial charge in [0.2, 0.25) is 0 Å². The van der Waals surface area contributed by atoms with Crippen LogP contribution in [0.4, 0.5) is 5.69 Å². The van der Waals surface area contributed by atoms with E-state index in [0.717, 1.165) is 12.3 Å². The van der Waals surface area contributed by atoms with Crippen molar-refractivity contribution >= 4 is 33.7 Å². The van der Waals surface area contributed by atoms with Gasteiger partial charge in [0.25, 0.3) is 11.6 Å². The molecule has 8 nitrogen and oxygen atoms in total. The molecule has 0 atom stereocenters. The number of nitrogens with zero attached hydrogens (tertiary/aromatic N) is 3. The minimum atomic E-state index is -0.782. The Bertz CT molecular complexity index is 749. The molecule has 0 aliphatic rings. The molecule has 1 heterocycles. The number of nitro benzene ring substituents is 1. The Hall–Kier alpha value is -2.81. The number of hydrogen-bond acceptors (Lipinski definition) is 6. The molecule has 22 heavy (non-hydrogen) atoms. The highest BCUT2D eigenvalue weighted by Gasteiger charge is 2.11. The van der Waals surface area contributed by atoms with Crippen LogP contribution in [0.15, 0.2) is 46.2 Å². The molecule has 1 N–H and O–H groups in total. The zero-order valence-electron chi connectivity index (χ0n) is 10.9. The normalized spacial score (nSPS) is 10.6. The summed E-state index contributed by atoms with van der Waals surface area (Å²) in [4.78, 5) is 25.5. The average Bonchev–Trinajstić information content (AvgIpc) is 2.50. The molecule has 1 amide bonds. The summed E-state index contributed by atoms with van der Waals surface area (Å²) in [6.45, 7) is 0. The van der Waals surface area contributed by atoms with Crippen molar-refractivity contribution in [3.05, 3.63) is 62.4 Å². The molecule has 1 aromatic heterocycles. The zero-order valence-corrected chi connectivity index (χ0v) is 12.5. The lowest BCUT2D eigenvalue weighted by atomic mass is 10.2. The largest absolute Gasteiger partial charge is 0.867 e. The van der Waals surface area contributed by atoms with Gasteiger partial charge in [-0.05, 0) is 29.5 Å². The van der Waals surface area contributed by atoms with E-state index in [9.17, 15) is 20.0 Å². The first-order valence-corrected chi connectivity index (χ1v) is 6.66. The van der Waals surface area contributed by atoms with Crippen LogP contribution < -0.4 is 10.5 Å².